The molecule has 0 aliphatic rings. The van der Waals surface area contributed by atoms with Crippen LogP contribution in [-0.2, 0) is 0 Å². The van der Waals surface area contributed by atoms with Crippen molar-refractivity contribution in [3.63, 3.8) is 0 Å². The van der Waals surface area contributed by atoms with E-state index < -0.39 is 0 Å². The highest BCUT2D eigenvalue weighted by Gasteiger charge is 2.18. The van der Waals surface area contributed by atoms with Gasteiger partial charge in [0.25, 0.3) is 0 Å². The Morgan fingerprint density at radius 2 is 1.40 bits per heavy atom. The maximum Gasteiger partial charge on any atom is 0.137 e. The zero-order valence-electron chi connectivity index (χ0n) is 23.8. The lowest BCUT2D eigenvalue weighted by molar-refractivity contribution is 0.483. The summed E-state index contributed by atoms with van der Waals surface area (Å²) in [5.74, 6) is 2.36. The van der Waals surface area contributed by atoms with E-state index in [4.69, 9.17) is 9.84 Å². The van der Waals surface area contributed by atoms with Crippen LogP contribution in [0, 0.1) is 13.8 Å². The van der Waals surface area contributed by atoms with Gasteiger partial charge in [-0.3, -0.25) is 9.55 Å². The predicted molar refractivity (Wildman–Crippen MR) is 172 cm³/mol. The quantitative estimate of drug-likeness (QED) is 0.212. The van der Waals surface area contributed by atoms with Gasteiger partial charge in [0, 0.05) is 51.9 Å². The lowest BCUT2D eigenvalue weighted by atomic mass is 9.99. The maximum atomic E-state index is 6.47. The molecule has 0 aliphatic heterocycles. The standard InChI is InChI=1S/C37H27N5O/c1-24-37(32-13-8-15-33-29(32)14-9-21-38-33)25(2)42(40-24)26-10-7-11-27(22-26)43-28-18-19-31-30-12-3-4-16-34(30)41(35(31)23-28)36-17-5-6-20-39-36/h3-23H,1-2H3. The van der Waals surface area contributed by atoms with E-state index in [1.807, 2.05) is 71.7 Å². The lowest BCUT2D eigenvalue weighted by Gasteiger charge is -2.11. The Balaban J connectivity index is 1.19. The van der Waals surface area contributed by atoms with E-state index >= 15 is 0 Å². The average Bonchev–Trinajstić information content (AvgIpc) is 3.54. The topological polar surface area (TPSA) is 57.8 Å². The highest BCUT2D eigenvalue weighted by Crippen LogP contribution is 2.36. The molecule has 206 valence electrons. The molecule has 0 N–H and O–H groups in total. The van der Waals surface area contributed by atoms with E-state index in [9.17, 15) is 0 Å². The van der Waals surface area contributed by atoms with Crippen molar-refractivity contribution < 1.29 is 4.74 Å². The first-order valence-corrected chi connectivity index (χ1v) is 14.3. The molecule has 0 amide bonds. The molecule has 0 unspecified atom stereocenters. The Hall–Kier alpha value is -5.75. The van der Waals surface area contributed by atoms with Crippen LogP contribution in [0.5, 0.6) is 11.5 Å². The van der Waals surface area contributed by atoms with Gasteiger partial charge in [-0.25, -0.2) is 9.67 Å². The van der Waals surface area contributed by atoms with Crippen LogP contribution in [0.2, 0.25) is 0 Å². The number of fused-ring (bicyclic) bond motifs is 4. The molecule has 6 nitrogen and oxygen atoms in total. The highest BCUT2D eigenvalue weighted by molar-refractivity contribution is 6.09. The smallest absolute Gasteiger partial charge is 0.137 e. The first kappa shape index (κ1) is 25.0. The van der Waals surface area contributed by atoms with E-state index in [0.29, 0.717) is 0 Å². The molecular formula is C37H27N5O. The third-order valence-corrected chi connectivity index (χ3v) is 8.03. The summed E-state index contributed by atoms with van der Waals surface area (Å²) < 4.78 is 10.7. The van der Waals surface area contributed by atoms with E-state index in [1.165, 1.54) is 5.39 Å². The third-order valence-electron chi connectivity index (χ3n) is 8.03. The molecular weight excluding hydrogens is 530 g/mol. The SMILES string of the molecule is Cc1nn(-c2cccc(Oc3ccc4c5ccccc5n(-c5ccccn5)c4c3)c2)c(C)c1-c1cccc2ncccc12. The van der Waals surface area contributed by atoms with Crippen molar-refractivity contribution in [2.24, 2.45) is 0 Å². The minimum absolute atomic E-state index is 0.737. The maximum absolute atomic E-state index is 6.47. The fourth-order valence-electron chi connectivity index (χ4n) is 6.17. The van der Waals surface area contributed by atoms with Gasteiger partial charge >= 0.3 is 0 Å². The van der Waals surface area contributed by atoms with Gasteiger partial charge in [-0.05, 0) is 74.0 Å². The fourth-order valence-corrected chi connectivity index (χ4v) is 6.17. The molecule has 0 atom stereocenters. The van der Waals surface area contributed by atoms with Crippen LogP contribution in [0.1, 0.15) is 11.4 Å². The number of ether oxygens (including phenoxy) is 1. The minimum Gasteiger partial charge on any atom is -0.457 e. The number of hydrogen-bond donors (Lipinski definition) is 0. The molecule has 0 fully saturated rings. The Kier molecular flexibility index (Phi) is 5.79. The van der Waals surface area contributed by atoms with Crippen molar-refractivity contribution in [2.45, 2.75) is 13.8 Å². The van der Waals surface area contributed by atoms with Gasteiger partial charge in [0.15, 0.2) is 0 Å². The molecule has 0 saturated carbocycles. The number of aryl methyl sites for hydroxylation is 1. The summed E-state index contributed by atoms with van der Waals surface area (Å²) in [5, 5.41) is 8.40. The molecule has 43 heavy (non-hydrogen) atoms. The zero-order valence-corrected chi connectivity index (χ0v) is 23.8. The van der Waals surface area contributed by atoms with E-state index in [0.717, 1.165) is 72.8 Å². The fraction of sp³-hybridized carbons (Fsp3) is 0.0541. The summed E-state index contributed by atoms with van der Waals surface area (Å²) in [6.45, 7) is 4.17. The largest absolute Gasteiger partial charge is 0.457 e. The van der Waals surface area contributed by atoms with Crippen LogP contribution >= 0.6 is 0 Å². The van der Waals surface area contributed by atoms with Crippen LogP contribution in [0.4, 0.5) is 0 Å². The molecule has 4 heterocycles. The average molecular weight is 558 g/mol. The van der Waals surface area contributed by atoms with Crippen molar-refractivity contribution in [2.75, 3.05) is 0 Å². The second-order valence-electron chi connectivity index (χ2n) is 10.7. The van der Waals surface area contributed by atoms with Gasteiger partial charge in [0.1, 0.15) is 17.3 Å². The molecule has 8 rings (SSSR count). The number of aromatic nitrogens is 5. The summed E-state index contributed by atoms with van der Waals surface area (Å²) in [6, 6.07) is 39.0. The first-order valence-electron chi connectivity index (χ1n) is 14.3. The van der Waals surface area contributed by atoms with Crippen LogP contribution in [0.3, 0.4) is 0 Å². The van der Waals surface area contributed by atoms with Crippen molar-refractivity contribution in [3.05, 3.63) is 139 Å². The molecule has 8 aromatic rings. The van der Waals surface area contributed by atoms with Gasteiger partial charge < -0.3 is 4.74 Å². The predicted octanol–water partition coefficient (Wildman–Crippen LogP) is 8.99. The Labute approximate surface area is 248 Å². The number of nitrogens with zero attached hydrogens (tertiary/aromatic N) is 5. The van der Waals surface area contributed by atoms with Crippen LogP contribution < -0.4 is 4.74 Å². The van der Waals surface area contributed by atoms with E-state index in [2.05, 4.69) is 89.0 Å². The number of hydrogen-bond acceptors (Lipinski definition) is 4. The molecule has 0 spiro atoms. The number of pyridine rings is 2. The molecule has 0 radical (unpaired) electrons. The van der Waals surface area contributed by atoms with E-state index in [1.54, 1.807) is 0 Å². The number of para-hydroxylation sites is 1. The molecule has 0 saturated heterocycles. The van der Waals surface area contributed by atoms with Crippen LogP contribution in [0.15, 0.2) is 128 Å². The molecule has 4 aromatic carbocycles. The van der Waals surface area contributed by atoms with Gasteiger partial charge in [-0.1, -0.05) is 48.5 Å². The minimum atomic E-state index is 0.737. The zero-order chi connectivity index (χ0) is 28.9. The monoisotopic (exact) mass is 557 g/mol. The molecule has 4 aromatic heterocycles. The van der Waals surface area contributed by atoms with Crippen molar-refractivity contribution in [3.8, 4) is 34.1 Å². The van der Waals surface area contributed by atoms with Crippen molar-refractivity contribution >= 4 is 32.7 Å². The second-order valence-corrected chi connectivity index (χ2v) is 10.7. The van der Waals surface area contributed by atoms with Gasteiger partial charge in [0.2, 0.25) is 0 Å². The van der Waals surface area contributed by atoms with Crippen LogP contribution in [0.25, 0.3) is 55.3 Å². The Morgan fingerprint density at radius 1 is 0.605 bits per heavy atom. The Morgan fingerprint density at radius 3 is 2.30 bits per heavy atom. The summed E-state index contributed by atoms with van der Waals surface area (Å²) in [6.07, 6.45) is 3.65. The van der Waals surface area contributed by atoms with Crippen molar-refractivity contribution in [1.29, 1.82) is 0 Å². The summed E-state index contributed by atoms with van der Waals surface area (Å²) >= 11 is 0. The van der Waals surface area contributed by atoms with Gasteiger partial charge in [0.05, 0.1) is 27.9 Å². The third kappa shape index (κ3) is 4.15. The molecule has 0 aliphatic carbocycles. The molecule has 6 heteroatoms. The molecule has 0 bridgehead atoms. The second kappa shape index (κ2) is 9.96. The van der Waals surface area contributed by atoms with Gasteiger partial charge in [-0.15, -0.1) is 0 Å². The van der Waals surface area contributed by atoms with Crippen molar-refractivity contribution in [1.82, 2.24) is 24.3 Å². The highest BCUT2D eigenvalue weighted by atomic mass is 16.5. The van der Waals surface area contributed by atoms with E-state index in [-0.39, 0.29) is 0 Å². The summed E-state index contributed by atoms with van der Waals surface area (Å²) in [4.78, 5) is 9.19. The van der Waals surface area contributed by atoms with Crippen LogP contribution in [-0.4, -0.2) is 24.3 Å². The van der Waals surface area contributed by atoms with Gasteiger partial charge in [-0.2, -0.15) is 5.10 Å². The Bertz CT molecular complexity index is 2290. The summed E-state index contributed by atoms with van der Waals surface area (Å²) in [5.41, 5.74) is 8.35. The number of rotatable bonds is 5. The number of benzene rings is 4. The normalized spacial score (nSPS) is 11.5. The lowest BCUT2D eigenvalue weighted by Crippen LogP contribution is -1.99. The summed E-state index contributed by atoms with van der Waals surface area (Å²) in [7, 11) is 0. The first-order chi connectivity index (χ1) is 21.2.